The molecule has 0 aliphatic carbocycles. The maximum atomic E-state index is 12.0. The summed E-state index contributed by atoms with van der Waals surface area (Å²) in [5.41, 5.74) is 5.92. The number of amides is 1. The van der Waals surface area contributed by atoms with Crippen molar-refractivity contribution in [3.05, 3.63) is 10.6 Å². The molecule has 1 aromatic rings. The van der Waals surface area contributed by atoms with Crippen molar-refractivity contribution in [1.29, 1.82) is 0 Å². The first kappa shape index (κ1) is 14.0. The molecule has 0 fully saturated rings. The smallest absolute Gasteiger partial charge is 0.265 e. The van der Waals surface area contributed by atoms with E-state index in [1.165, 1.54) is 0 Å². The van der Waals surface area contributed by atoms with Gasteiger partial charge in [0.05, 0.1) is 16.7 Å². The van der Waals surface area contributed by atoms with Gasteiger partial charge in [-0.05, 0) is 18.5 Å². The number of carbonyl (C=O) groups excluding carboxylic acids is 1. The van der Waals surface area contributed by atoms with E-state index in [0.29, 0.717) is 10.6 Å². The molecule has 7 heteroatoms. The molecule has 0 spiro atoms. The van der Waals surface area contributed by atoms with Crippen LogP contribution in [-0.2, 0) is 5.41 Å². The van der Waals surface area contributed by atoms with Crippen LogP contribution in [0.5, 0.6) is 0 Å². The molecule has 1 heterocycles. The number of nitrogens with zero attached hydrogens (tertiary/aromatic N) is 2. The van der Waals surface area contributed by atoms with Gasteiger partial charge in [0.25, 0.3) is 5.91 Å². The molecule has 5 nitrogen and oxygen atoms in total. The molecule has 1 atom stereocenters. The average molecular weight is 272 g/mol. The molecule has 1 aromatic heterocycles. The van der Waals surface area contributed by atoms with Crippen LogP contribution in [0.4, 0.5) is 0 Å². The molecular formula is C10H16N4OS2. The van der Waals surface area contributed by atoms with Crippen molar-refractivity contribution in [2.75, 3.05) is 0 Å². The van der Waals surface area contributed by atoms with Gasteiger partial charge in [-0.3, -0.25) is 4.79 Å². The lowest BCUT2D eigenvalue weighted by Gasteiger charge is -2.17. The van der Waals surface area contributed by atoms with Crippen molar-refractivity contribution in [2.45, 2.75) is 39.2 Å². The molecular weight excluding hydrogens is 256 g/mol. The van der Waals surface area contributed by atoms with Crippen LogP contribution in [-0.4, -0.2) is 26.5 Å². The molecule has 1 rings (SSSR count). The highest BCUT2D eigenvalue weighted by Crippen LogP contribution is 2.25. The van der Waals surface area contributed by atoms with Crippen molar-refractivity contribution in [3.63, 3.8) is 0 Å². The number of nitrogens with two attached hydrogens (primary N) is 1. The number of carbonyl (C=O) groups is 1. The van der Waals surface area contributed by atoms with Gasteiger partial charge in [0.1, 0.15) is 4.88 Å². The number of thiocarbonyl (C=S) groups is 1. The molecule has 0 radical (unpaired) electrons. The quantitative estimate of drug-likeness (QED) is 0.809. The molecule has 0 saturated carbocycles. The second kappa shape index (κ2) is 5.05. The van der Waals surface area contributed by atoms with Crippen LogP contribution in [0, 0.1) is 0 Å². The van der Waals surface area contributed by atoms with Gasteiger partial charge >= 0.3 is 0 Å². The van der Waals surface area contributed by atoms with Crippen molar-refractivity contribution in [1.82, 2.24) is 14.9 Å². The summed E-state index contributed by atoms with van der Waals surface area (Å²) in [5.74, 6) is -0.231. The minimum absolute atomic E-state index is 0.216. The first-order valence-electron chi connectivity index (χ1n) is 5.16. The van der Waals surface area contributed by atoms with E-state index in [1.54, 1.807) is 6.92 Å². The zero-order valence-electron chi connectivity index (χ0n) is 10.3. The normalized spacial score (nSPS) is 13.2. The molecule has 3 N–H and O–H groups in total. The Bertz CT molecular complexity index is 436. The van der Waals surface area contributed by atoms with E-state index < -0.39 is 0 Å². The summed E-state index contributed by atoms with van der Waals surface area (Å²) >= 11 is 5.89. The highest BCUT2D eigenvalue weighted by molar-refractivity contribution is 7.80. The predicted octanol–water partition coefficient (Wildman–Crippen LogP) is 1.24. The SMILES string of the molecule is CC(NC(=O)c1snnc1C(C)(C)C)C(N)=S. The Hall–Kier alpha value is -1.08. The number of nitrogens with one attached hydrogen (secondary N) is 1. The summed E-state index contributed by atoms with van der Waals surface area (Å²) in [6.07, 6.45) is 0. The molecule has 94 valence electrons. The number of hydrogen-bond donors (Lipinski definition) is 2. The second-order valence-electron chi connectivity index (χ2n) is 4.80. The van der Waals surface area contributed by atoms with Gasteiger partial charge in [-0.2, -0.15) is 0 Å². The first-order chi connectivity index (χ1) is 7.73. The number of aromatic nitrogens is 2. The Kier molecular flexibility index (Phi) is 4.16. The summed E-state index contributed by atoms with van der Waals surface area (Å²) in [6, 6.07) is -0.340. The Morgan fingerprint density at radius 2 is 2.12 bits per heavy atom. The van der Waals surface area contributed by atoms with Gasteiger partial charge in [-0.15, -0.1) is 5.10 Å². The molecule has 0 saturated heterocycles. The molecule has 1 amide bonds. The molecule has 0 bridgehead atoms. The third-order valence-corrected chi connectivity index (χ3v) is 3.26. The van der Waals surface area contributed by atoms with Crippen LogP contribution in [0.15, 0.2) is 0 Å². The average Bonchev–Trinajstić information content (AvgIpc) is 2.64. The monoisotopic (exact) mass is 272 g/mol. The van der Waals surface area contributed by atoms with Crippen LogP contribution >= 0.6 is 23.8 Å². The lowest BCUT2D eigenvalue weighted by Crippen LogP contribution is -2.41. The van der Waals surface area contributed by atoms with Crippen LogP contribution in [0.2, 0.25) is 0 Å². The standard InChI is InChI=1S/C10H16N4OS2/c1-5(8(11)16)12-9(15)6-7(10(2,3)4)13-14-17-6/h5H,1-4H3,(H2,11,16)(H,12,15). The van der Waals surface area contributed by atoms with E-state index in [2.05, 4.69) is 14.9 Å². The maximum absolute atomic E-state index is 12.0. The van der Waals surface area contributed by atoms with E-state index >= 15 is 0 Å². The third-order valence-electron chi connectivity index (χ3n) is 2.18. The summed E-state index contributed by atoms with van der Waals surface area (Å²) < 4.78 is 3.83. The third kappa shape index (κ3) is 3.44. The highest BCUT2D eigenvalue weighted by Gasteiger charge is 2.27. The first-order valence-corrected chi connectivity index (χ1v) is 6.34. The van der Waals surface area contributed by atoms with E-state index in [1.807, 2.05) is 20.8 Å². The Labute approximate surface area is 110 Å². The van der Waals surface area contributed by atoms with Crippen LogP contribution < -0.4 is 11.1 Å². The molecule has 17 heavy (non-hydrogen) atoms. The fourth-order valence-electron chi connectivity index (χ4n) is 1.16. The number of hydrogen-bond acceptors (Lipinski definition) is 5. The van der Waals surface area contributed by atoms with E-state index in [9.17, 15) is 4.79 Å². The van der Waals surface area contributed by atoms with Gasteiger partial charge in [-0.1, -0.05) is 37.5 Å². The van der Waals surface area contributed by atoms with E-state index in [0.717, 1.165) is 11.5 Å². The summed E-state index contributed by atoms with van der Waals surface area (Å²) in [6.45, 7) is 7.69. The molecule has 0 aromatic carbocycles. The predicted molar refractivity (Wildman–Crippen MR) is 72.3 cm³/mol. The minimum Gasteiger partial charge on any atom is -0.392 e. The largest absolute Gasteiger partial charge is 0.392 e. The van der Waals surface area contributed by atoms with Crippen molar-refractivity contribution in [2.24, 2.45) is 5.73 Å². The minimum atomic E-state index is -0.340. The Balaban J connectivity index is 2.91. The molecule has 0 aliphatic heterocycles. The summed E-state index contributed by atoms with van der Waals surface area (Å²) in [5, 5.41) is 6.72. The van der Waals surface area contributed by atoms with Gasteiger partial charge in [-0.25, -0.2) is 0 Å². The van der Waals surface area contributed by atoms with Gasteiger partial charge in [0, 0.05) is 5.41 Å². The molecule has 1 unspecified atom stereocenters. The van der Waals surface area contributed by atoms with Crippen LogP contribution in [0.3, 0.4) is 0 Å². The summed E-state index contributed by atoms with van der Waals surface area (Å²) in [4.78, 5) is 12.8. The highest BCUT2D eigenvalue weighted by atomic mass is 32.1. The van der Waals surface area contributed by atoms with Gasteiger partial charge in [0.15, 0.2) is 0 Å². The zero-order chi connectivity index (χ0) is 13.2. The van der Waals surface area contributed by atoms with E-state index in [4.69, 9.17) is 18.0 Å². The maximum Gasteiger partial charge on any atom is 0.265 e. The van der Waals surface area contributed by atoms with Crippen molar-refractivity contribution >= 4 is 34.6 Å². The second-order valence-corrected chi connectivity index (χ2v) is 6.02. The zero-order valence-corrected chi connectivity index (χ0v) is 11.9. The topological polar surface area (TPSA) is 80.9 Å². The summed E-state index contributed by atoms with van der Waals surface area (Å²) in [7, 11) is 0. The lowest BCUT2D eigenvalue weighted by molar-refractivity contribution is 0.0951. The van der Waals surface area contributed by atoms with Crippen molar-refractivity contribution in [3.8, 4) is 0 Å². The van der Waals surface area contributed by atoms with Gasteiger partial charge < -0.3 is 11.1 Å². The fourth-order valence-corrected chi connectivity index (χ4v) is 2.00. The van der Waals surface area contributed by atoms with Crippen LogP contribution in [0.25, 0.3) is 0 Å². The lowest BCUT2D eigenvalue weighted by atomic mass is 9.91. The van der Waals surface area contributed by atoms with Crippen LogP contribution in [0.1, 0.15) is 43.1 Å². The fraction of sp³-hybridized carbons (Fsp3) is 0.600. The van der Waals surface area contributed by atoms with Gasteiger partial charge in [0.2, 0.25) is 0 Å². The molecule has 0 aliphatic rings. The Morgan fingerprint density at radius 1 is 1.53 bits per heavy atom. The Morgan fingerprint density at radius 3 is 2.59 bits per heavy atom. The van der Waals surface area contributed by atoms with E-state index in [-0.39, 0.29) is 22.4 Å². The number of rotatable bonds is 3. The van der Waals surface area contributed by atoms with Crippen molar-refractivity contribution < 1.29 is 4.79 Å².